The molecule has 90 valence electrons. The van der Waals surface area contributed by atoms with Gasteiger partial charge in [-0.05, 0) is 18.2 Å². The van der Waals surface area contributed by atoms with Gasteiger partial charge >= 0.3 is 0 Å². The smallest absolute Gasteiger partial charge is 0.250 e. The van der Waals surface area contributed by atoms with E-state index in [-0.39, 0.29) is 19.1 Å². The van der Waals surface area contributed by atoms with Gasteiger partial charge in [-0.3, -0.25) is 4.79 Å². The van der Waals surface area contributed by atoms with Crippen LogP contribution < -0.4 is 5.32 Å². The Balaban J connectivity index is 2.94. The fourth-order valence-corrected chi connectivity index (χ4v) is 1.35. The van der Waals surface area contributed by atoms with Crippen molar-refractivity contribution in [3.8, 4) is 11.8 Å². The summed E-state index contributed by atoms with van der Waals surface area (Å²) < 4.78 is 4.71. The van der Waals surface area contributed by atoms with Crippen LogP contribution in [-0.2, 0) is 9.53 Å². The minimum atomic E-state index is -0.290. The number of hydrogen-bond donors (Lipinski definition) is 2. The Bertz CT molecular complexity index is 463. The first kappa shape index (κ1) is 13.5. The van der Waals surface area contributed by atoms with Crippen molar-refractivity contribution in [1.29, 1.82) is 0 Å². The van der Waals surface area contributed by atoms with Crippen LogP contribution in [0.15, 0.2) is 18.2 Å². The monoisotopic (exact) mass is 253 g/mol. The minimum absolute atomic E-state index is 0.0423. The molecule has 0 saturated heterocycles. The van der Waals surface area contributed by atoms with Crippen molar-refractivity contribution in [2.24, 2.45) is 0 Å². The normalized spacial score (nSPS) is 9.35. The standard InChI is InChI=1S/C12H12ClNO3/c1-17-8-12(16)14-11-7-10(13)5-4-9(11)3-2-6-15/h4-5,7,15H,6,8H2,1H3,(H,14,16). The molecule has 1 aromatic carbocycles. The molecule has 0 bridgehead atoms. The first-order chi connectivity index (χ1) is 8.17. The zero-order valence-corrected chi connectivity index (χ0v) is 10.0. The molecule has 0 aliphatic rings. The average molecular weight is 254 g/mol. The van der Waals surface area contributed by atoms with Gasteiger partial charge in [0.05, 0.1) is 5.69 Å². The van der Waals surface area contributed by atoms with Crippen LogP contribution in [0.1, 0.15) is 5.56 Å². The molecule has 0 saturated carbocycles. The maximum absolute atomic E-state index is 11.4. The van der Waals surface area contributed by atoms with Gasteiger partial charge in [0, 0.05) is 17.7 Å². The number of methoxy groups -OCH3 is 1. The van der Waals surface area contributed by atoms with Crippen molar-refractivity contribution < 1.29 is 14.6 Å². The Hall–Kier alpha value is -1.54. The minimum Gasteiger partial charge on any atom is -0.384 e. The summed E-state index contributed by atoms with van der Waals surface area (Å²) in [5, 5.41) is 11.8. The summed E-state index contributed by atoms with van der Waals surface area (Å²) in [5.41, 5.74) is 1.09. The Labute approximate surface area is 105 Å². The Morgan fingerprint density at radius 3 is 3.00 bits per heavy atom. The number of nitrogens with one attached hydrogen (secondary N) is 1. The molecule has 0 aliphatic carbocycles. The molecule has 4 nitrogen and oxygen atoms in total. The number of rotatable bonds is 3. The molecule has 0 spiro atoms. The second kappa shape index (κ2) is 6.92. The van der Waals surface area contributed by atoms with Gasteiger partial charge in [0.2, 0.25) is 5.91 Å². The lowest BCUT2D eigenvalue weighted by molar-refractivity contribution is -0.119. The highest BCUT2D eigenvalue weighted by molar-refractivity contribution is 6.31. The number of amides is 1. The van der Waals surface area contributed by atoms with Crippen molar-refractivity contribution in [2.75, 3.05) is 25.6 Å². The molecule has 0 aromatic heterocycles. The van der Waals surface area contributed by atoms with Crippen molar-refractivity contribution >= 4 is 23.2 Å². The second-order valence-corrected chi connectivity index (χ2v) is 3.57. The van der Waals surface area contributed by atoms with Gasteiger partial charge in [-0.15, -0.1) is 0 Å². The number of carbonyl (C=O) groups excluding carboxylic acids is 1. The Kier molecular flexibility index (Phi) is 5.50. The predicted octanol–water partition coefficient (Wildman–Crippen LogP) is 1.27. The van der Waals surface area contributed by atoms with Gasteiger partial charge in [0.25, 0.3) is 0 Å². The molecule has 0 unspecified atom stereocenters. The van der Waals surface area contributed by atoms with Crippen LogP contribution >= 0.6 is 11.6 Å². The summed E-state index contributed by atoms with van der Waals surface area (Å²) >= 11 is 5.83. The number of halogens is 1. The van der Waals surface area contributed by atoms with Gasteiger partial charge in [-0.25, -0.2) is 0 Å². The van der Waals surface area contributed by atoms with Crippen molar-refractivity contribution in [1.82, 2.24) is 0 Å². The maximum Gasteiger partial charge on any atom is 0.250 e. The van der Waals surface area contributed by atoms with Crippen LogP contribution in [0, 0.1) is 11.8 Å². The second-order valence-electron chi connectivity index (χ2n) is 3.13. The van der Waals surface area contributed by atoms with Gasteiger partial charge < -0.3 is 15.2 Å². The third-order valence-electron chi connectivity index (χ3n) is 1.83. The van der Waals surface area contributed by atoms with E-state index in [0.29, 0.717) is 16.3 Å². The van der Waals surface area contributed by atoms with E-state index < -0.39 is 0 Å². The molecule has 0 radical (unpaired) electrons. The number of anilines is 1. The van der Waals surface area contributed by atoms with Crippen LogP contribution in [-0.4, -0.2) is 31.3 Å². The fourth-order valence-electron chi connectivity index (χ4n) is 1.18. The van der Waals surface area contributed by atoms with E-state index in [4.69, 9.17) is 21.4 Å². The van der Waals surface area contributed by atoms with Gasteiger partial charge in [0.15, 0.2) is 0 Å². The number of aliphatic hydroxyl groups is 1. The molecule has 17 heavy (non-hydrogen) atoms. The molecule has 0 heterocycles. The van der Waals surface area contributed by atoms with E-state index in [1.54, 1.807) is 18.2 Å². The van der Waals surface area contributed by atoms with E-state index in [2.05, 4.69) is 17.2 Å². The average Bonchev–Trinajstić information content (AvgIpc) is 2.28. The van der Waals surface area contributed by atoms with Crippen LogP contribution in [0.4, 0.5) is 5.69 Å². The summed E-state index contributed by atoms with van der Waals surface area (Å²) in [6, 6.07) is 4.93. The number of ether oxygens (including phenoxy) is 1. The van der Waals surface area contributed by atoms with Crippen molar-refractivity contribution in [2.45, 2.75) is 0 Å². The summed E-state index contributed by atoms with van der Waals surface area (Å²) in [6.45, 7) is -0.284. The zero-order chi connectivity index (χ0) is 12.7. The first-order valence-corrected chi connectivity index (χ1v) is 5.23. The van der Waals surface area contributed by atoms with E-state index in [1.807, 2.05) is 0 Å². The molecule has 5 heteroatoms. The lowest BCUT2D eigenvalue weighted by Gasteiger charge is -2.07. The summed E-state index contributed by atoms with van der Waals surface area (Å²) in [6.07, 6.45) is 0. The van der Waals surface area contributed by atoms with Gasteiger partial charge in [-0.1, -0.05) is 23.4 Å². The molecular weight excluding hydrogens is 242 g/mol. The van der Waals surface area contributed by atoms with Crippen molar-refractivity contribution in [3.63, 3.8) is 0 Å². The number of hydrogen-bond acceptors (Lipinski definition) is 3. The summed E-state index contributed by atoms with van der Waals surface area (Å²) in [4.78, 5) is 11.4. The summed E-state index contributed by atoms with van der Waals surface area (Å²) in [7, 11) is 1.43. The van der Waals surface area contributed by atoms with Crippen LogP contribution in [0.25, 0.3) is 0 Å². The molecule has 1 aromatic rings. The number of aliphatic hydroxyl groups excluding tert-OH is 1. The molecule has 0 aliphatic heterocycles. The van der Waals surface area contributed by atoms with Gasteiger partial charge in [-0.2, -0.15) is 0 Å². The highest BCUT2D eigenvalue weighted by Crippen LogP contribution is 2.20. The molecule has 0 atom stereocenters. The summed E-state index contributed by atoms with van der Waals surface area (Å²) in [5.74, 6) is 4.94. The molecule has 1 rings (SSSR count). The lowest BCUT2D eigenvalue weighted by atomic mass is 10.2. The highest BCUT2D eigenvalue weighted by atomic mass is 35.5. The predicted molar refractivity (Wildman–Crippen MR) is 65.9 cm³/mol. The van der Waals surface area contributed by atoms with E-state index in [1.165, 1.54) is 7.11 Å². The number of benzene rings is 1. The molecule has 0 fully saturated rings. The van der Waals surface area contributed by atoms with Crippen molar-refractivity contribution in [3.05, 3.63) is 28.8 Å². The van der Waals surface area contributed by atoms with E-state index in [0.717, 1.165) is 0 Å². The third kappa shape index (κ3) is 4.45. The fraction of sp³-hybridized carbons (Fsp3) is 0.250. The lowest BCUT2D eigenvalue weighted by Crippen LogP contribution is -2.17. The SMILES string of the molecule is COCC(=O)Nc1cc(Cl)ccc1C#CCO. The Morgan fingerprint density at radius 1 is 1.59 bits per heavy atom. The maximum atomic E-state index is 11.4. The van der Waals surface area contributed by atoms with Crippen LogP contribution in [0.2, 0.25) is 5.02 Å². The largest absolute Gasteiger partial charge is 0.384 e. The van der Waals surface area contributed by atoms with E-state index in [9.17, 15) is 4.79 Å². The van der Waals surface area contributed by atoms with Gasteiger partial charge in [0.1, 0.15) is 13.2 Å². The highest BCUT2D eigenvalue weighted by Gasteiger charge is 2.06. The zero-order valence-electron chi connectivity index (χ0n) is 9.29. The topological polar surface area (TPSA) is 58.6 Å². The molecule has 2 N–H and O–H groups in total. The third-order valence-corrected chi connectivity index (χ3v) is 2.07. The molecule has 1 amide bonds. The first-order valence-electron chi connectivity index (χ1n) is 4.85. The molecular formula is C12H12ClNO3. The quantitative estimate of drug-likeness (QED) is 0.798. The van der Waals surface area contributed by atoms with E-state index >= 15 is 0 Å². The Morgan fingerprint density at radius 2 is 2.35 bits per heavy atom. The van der Waals surface area contributed by atoms with Crippen LogP contribution in [0.5, 0.6) is 0 Å². The number of carbonyl (C=O) groups is 1. The van der Waals surface area contributed by atoms with Crippen LogP contribution in [0.3, 0.4) is 0 Å².